The first-order chi connectivity index (χ1) is 10.1. The van der Waals surface area contributed by atoms with E-state index in [4.69, 9.17) is 0 Å². The van der Waals surface area contributed by atoms with Crippen molar-refractivity contribution in [3.8, 4) is 0 Å². The molecule has 1 aliphatic rings. The number of carbonyl (C=O) groups excluding carboxylic acids is 2. The molecule has 6 heteroatoms. The molecule has 0 spiro atoms. The smallest absolute Gasteiger partial charge is 0.247 e. The molecular weight excluding hydrogens is 352 g/mol. The van der Waals surface area contributed by atoms with Crippen molar-refractivity contribution in [3.05, 3.63) is 53.1 Å². The topological polar surface area (TPSA) is 50.3 Å². The number of halogens is 1. The van der Waals surface area contributed by atoms with Crippen LogP contribution < -0.4 is 4.90 Å². The van der Waals surface area contributed by atoms with Crippen molar-refractivity contribution >= 4 is 45.2 Å². The van der Waals surface area contributed by atoms with Crippen molar-refractivity contribution in [2.75, 3.05) is 4.90 Å². The summed E-state index contributed by atoms with van der Waals surface area (Å²) in [5.74, 6) is -0.353. The third kappa shape index (κ3) is 3.01. The van der Waals surface area contributed by atoms with Gasteiger partial charge in [0, 0.05) is 17.1 Å². The zero-order valence-corrected chi connectivity index (χ0v) is 13.3. The standard InChI is InChI=1S/C15H11BrN2O2S/c16-10-4-6-11(7-5-10)18-14(19)9-12(15(18)20)21-13-3-1-2-8-17-13/h1-8,12H,9H2/t12-/m1/s1. The summed E-state index contributed by atoms with van der Waals surface area (Å²) < 4.78 is 0.907. The number of anilines is 1. The van der Waals surface area contributed by atoms with Crippen LogP contribution in [0.15, 0.2) is 58.2 Å². The van der Waals surface area contributed by atoms with Gasteiger partial charge in [0.15, 0.2) is 0 Å². The number of aromatic nitrogens is 1. The van der Waals surface area contributed by atoms with Crippen molar-refractivity contribution in [3.63, 3.8) is 0 Å². The highest BCUT2D eigenvalue weighted by molar-refractivity contribution is 9.10. The molecule has 0 bridgehead atoms. The number of benzene rings is 1. The number of carbonyl (C=O) groups is 2. The van der Waals surface area contributed by atoms with E-state index in [1.54, 1.807) is 18.3 Å². The fraction of sp³-hybridized carbons (Fsp3) is 0.133. The lowest BCUT2D eigenvalue weighted by atomic mass is 10.3. The molecule has 4 nitrogen and oxygen atoms in total. The molecule has 0 aliphatic carbocycles. The van der Waals surface area contributed by atoms with Crippen molar-refractivity contribution in [1.29, 1.82) is 0 Å². The third-order valence-corrected chi connectivity index (χ3v) is 4.76. The lowest BCUT2D eigenvalue weighted by Crippen LogP contribution is -2.31. The molecule has 3 rings (SSSR count). The maximum absolute atomic E-state index is 12.5. The molecule has 21 heavy (non-hydrogen) atoms. The number of amides is 2. The largest absolute Gasteiger partial charge is 0.274 e. The number of nitrogens with zero attached hydrogens (tertiary/aromatic N) is 2. The molecular formula is C15H11BrN2O2S. The van der Waals surface area contributed by atoms with Gasteiger partial charge in [-0.25, -0.2) is 9.88 Å². The minimum Gasteiger partial charge on any atom is -0.274 e. The monoisotopic (exact) mass is 362 g/mol. The van der Waals surface area contributed by atoms with Gasteiger partial charge in [-0.05, 0) is 36.4 Å². The highest BCUT2D eigenvalue weighted by Gasteiger charge is 2.40. The molecule has 2 amide bonds. The summed E-state index contributed by atoms with van der Waals surface area (Å²) in [5.41, 5.74) is 0.609. The van der Waals surface area contributed by atoms with Gasteiger partial charge in [0.1, 0.15) is 0 Å². The van der Waals surface area contributed by atoms with E-state index in [0.717, 1.165) is 9.50 Å². The molecule has 1 aromatic carbocycles. The van der Waals surface area contributed by atoms with Crippen molar-refractivity contribution in [2.24, 2.45) is 0 Å². The highest BCUT2D eigenvalue weighted by Crippen LogP contribution is 2.33. The molecule has 0 radical (unpaired) electrons. The van der Waals surface area contributed by atoms with Crippen LogP contribution in [0, 0.1) is 0 Å². The predicted molar refractivity (Wildman–Crippen MR) is 85.1 cm³/mol. The maximum Gasteiger partial charge on any atom is 0.247 e. The molecule has 1 fully saturated rings. The molecule has 1 atom stereocenters. The van der Waals surface area contributed by atoms with E-state index in [0.29, 0.717) is 5.69 Å². The van der Waals surface area contributed by atoms with Crippen LogP contribution in [-0.4, -0.2) is 22.0 Å². The first-order valence-corrected chi connectivity index (χ1v) is 8.02. The Kier molecular flexibility index (Phi) is 4.07. The van der Waals surface area contributed by atoms with Crippen LogP contribution >= 0.6 is 27.7 Å². The second-order valence-electron chi connectivity index (χ2n) is 4.52. The number of pyridine rings is 1. The Morgan fingerprint density at radius 1 is 1.14 bits per heavy atom. The van der Waals surface area contributed by atoms with Crippen LogP contribution in [0.2, 0.25) is 0 Å². The van der Waals surface area contributed by atoms with Crippen LogP contribution in [0.25, 0.3) is 0 Å². The average molecular weight is 363 g/mol. The second kappa shape index (κ2) is 5.99. The van der Waals surface area contributed by atoms with Gasteiger partial charge in [-0.1, -0.05) is 33.8 Å². The summed E-state index contributed by atoms with van der Waals surface area (Å²) in [6, 6.07) is 12.7. The van der Waals surface area contributed by atoms with E-state index in [1.165, 1.54) is 16.7 Å². The quantitative estimate of drug-likeness (QED) is 0.786. The first-order valence-electron chi connectivity index (χ1n) is 6.35. The Bertz CT molecular complexity index is 676. The van der Waals surface area contributed by atoms with Gasteiger partial charge in [0.2, 0.25) is 11.8 Å². The number of thioether (sulfide) groups is 1. The predicted octanol–water partition coefficient (Wildman–Crippen LogP) is 3.27. The van der Waals surface area contributed by atoms with Gasteiger partial charge in [-0.3, -0.25) is 9.59 Å². The van der Waals surface area contributed by atoms with Crippen molar-refractivity contribution in [1.82, 2.24) is 4.98 Å². The van der Waals surface area contributed by atoms with Crippen LogP contribution in [0.1, 0.15) is 6.42 Å². The molecule has 0 unspecified atom stereocenters. The SMILES string of the molecule is O=C1C[C@@H](Sc2ccccn2)C(=O)N1c1ccc(Br)cc1. The van der Waals surface area contributed by atoms with E-state index in [2.05, 4.69) is 20.9 Å². The van der Waals surface area contributed by atoms with E-state index in [-0.39, 0.29) is 18.2 Å². The van der Waals surface area contributed by atoms with Crippen LogP contribution in [-0.2, 0) is 9.59 Å². The van der Waals surface area contributed by atoms with Gasteiger partial charge < -0.3 is 0 Å². The summed E-state index contributed by atoms with van der Waals surface area (Å²) in [4.78, 5) is 30.0. The van der Waals surface area contributed by atoms with Crippen LogP contribution in [0.5, 0.6) is 0 Å². The van der Waals surface area contributed by atoms with Gasteiger partial charge in [-0.2, -0.15) is 0 Å². The summed E-state index contributed by atoms with van der Waals surface area (Å²) in [6.45, 7) is 0. The van der Waals surface area contributed by atoms with Gasteiger partial charge in [0.05, 0.1) is 16.0 Å². The molecule has 0 saturated carbocycles. The Balaban J connectivity index is 1.80. The number of hydrogen-bond acceptors (Lipinski definition) is 4. The normalized spacial score (nSPS) is 18.3. The van der Waals surface area contributed by atoms with Gasteiger partial charge in [-0.15, -0.1) is 0 Å². The minimum absolute atomic E-state index is 0.171. The molecule has 1 aromatic heterocycles. The molecule has 1 saturated heterocycles. The molecule has 1 aliphatic heterocycles. The molecule has 2 aromatic rings. The number of rotatable bonds is 3. The Labute approximate surface area is 134 Å². The summed E-state index contributed by atoms with van der Waals surface area (Å²) in [6.07, 6.45) is 1.88. The van der Waals surface area contributed by atoms with Crippen LogP contribution in [0.4, 0.5) is 5.69 Å². The number of imide groups is 1. The third-order valence-electron chi connectivity index (χ3n) is 3.09. The lowest BCUT2D eigenvalue weighted by molar-refractivity contribution is -0.121. The maximum atomic E-state index is 12.5. The zero-order chi connectivity index (χ0) is 14.8. The van der Waals surface area contributed by atoms with E-state index >= 15 is 0 Å². The number of hydrogen-bond donors (Lipinski definition) is 0. The zero-order valence-electron chi connectivity index (χ0n) is 10.9. The Morgan fingerprint density at radius 2 is 1.90 bits per heavy atom. The van der Waals surface area contributed by atoms with Crippen molar-refractivity contribution < 1.29 is 9.59 Å². The van der Waals surface area contributed by atoms with Crippen LogP contribution in [0.3, 0.4) is 0 Å². The fourth-order valence-electron chi connectivity index (χ4n) is 2.12. The van der Waals surface area contributed by atoms with E-state index in [1.807, 2.05) is 30.3 Å². The fourth-order valence-corrected chi connectivity index (χ4v) is 3.39. The summed E-state index contributed by atoms with van der Waals surface area (Å²) >= 11 is 4.67. The average Bonchev–Trinajstić information content (AvgIpc) is 2.76. The molecule has 2 heterocycles. The lowest BCUT2D eigenvalue weighted by Gasteiger charge is -2.14. The van der Waals surface area contributed by atoms with E-state index in [9.17, 15) is 9.59 Å². The molecule has 0 N–H and O–H groups in total. The molecule has 106 valence electrons. The van der Waals surface area contributed by atoms with E-state index < -0.39 is 5.25 Å². The van der Waals surface area contributed by atoms with Gasteiger partial charge in [0.25, 0.3) is 0 Å². The Hall–Kier alpha value is -1.66. The first kappa shape index (κ1) is 14.3. The van der Waals surface area contributed by atoms with Gasteiger partial charge >= 0.3 is 0 Å². The Morgan fingerprint density at radius 3 is 2.57 bits per heavy atom. The minimum atomic E-state index is -0.406. The highest BCUT2D eigenvalue weighted by atomic mass is 79.9. The van der Waals surface area contributed by atoms with Crippen molar-refractivity contribution in [2.45, 2.75) is 16.7 Å². The second-order valence-corrected chi connectivity index (χ2v) is 6.66. The summed E-state index contributed by atoms with van der Waals surface area (Å²) in [7, 11) is 0. The summed E-state index contributed by atoms with van der Waals surface area (Å²) in [5, 5.41) is 0.345.